The van der Waals surface area contributed by atoms with Crippen molar-refractivity contribution in [1.29, 1.82) is 5.26 Å². The Balaban J connectivity index is 2.11. The van der Waals surface area contributed by atoms with E-state index in [1.54, 1.807) is 18.2 Å². The molecule has 2 aromatic carbocycles. The average Bonchev–Trinajstić information content (AvgIpc) is 2.46. The van der Waals surface area contributed by atoms with Crippen molar-refractivity contribution >= 4 is 16.1 Å². The van der Waals surface area contributed by atoms with E-state index in [0.29, 0.717) is 11.1 Å². The summed E-state index contributed by atoms with van der Waals surface area (Å²) in [6.45, 7) is 1.26. The van der Waals surface area contributed by atoms with Crippen molar-refractivity contribution in [2.24, 2.45) is 0 Å². The zero-order valence-corrected chi connectivity index (χ0v) is 13.0. The first kappa shape index (κ1) is 16.5. The molecule has 6 nitrogen and oxygen atoms in total. The quantitative estimate of drug-likeness (QED) is 0.474. The van der Waals surface area contributed by atoms with Gasteiger partial charge in [0.25, 0.3) is 0 Å². The van der Waals surface area contributed by atoms with E-state index >= 15 is 0 Å². The third-order valence-corrected chi connectivity index (χ3v) is 3.84. The summed E-state index contributed by atoms with van der Waals surface area (Å²) in [5, 5.41) is 8.70. The molecule has 0 atom stereocenters. The van der Waals surface area contributed by atoms with E-state index in [-0.39, 0.29) is 17.3 Å². The molecule has 0 saturated carbocycles. The molecule has 118 valence electrons. The van der Waals surface area contributed by atoms with Crippen molar-refractivity contribution in [1.82, 2.24) is 0 Å². The van der Waals surface area contributed by atoms with Crippen LogP contribution in [0, 0.1) is 11.3 Å². The summed E-state index contributed by atoms with van der Waals surface area (Å²) in [5.74, 6) is -0.468. The molecule has 0 bridgehead atoms. The maximum Gasteiger partial charge on any atom is 0.313 e. The van der Waals surface area contributed by atoms with Gasteiger partial charge in [0.2, 0.25) is 0 Å². The Bertz CT molecular complexity index is 851. The van der Waals surface area contributed by atoms with Crippen molar-refractivity contribution < 1.29 is 22.1 Å². The second-order valence-electron chi connectivity index (χ2n) is 4.66. The number of nitrogens with zero attached hydrogens (tertiary/aromatic N) is 1. The Morgan fingerprint density at radius 3 is 2.43 bits per heavy atom. The molecule has 2 aromatic rings. The second-order valence-corrected chi connectivity index (χ2v) is 6.23. The molecule has 0 aliphatic heterocycles. The lowest BCUT2D eigenvalue weighted by Crippen LogP contribution is -2.12. The predicted octanol–water partition coefficient (Wildman–Crippen LogP) is 2.39. The lowest BCUT2D eigenvalue weighted by Gasteiger charge is -2.08. The van der Waals surface area contributed by atoms with E-state index in [0.717, 1.165) is 0 Å². The Labute approximate surface area is 134 Å². The highest BCUT2D eigenvalue weighted by Crippen LogP contribution is 2.19. The summed E-state index contributed by atoms with van der Waals surface area (Å²) in [6, 6.07) is 13.9. The van der Waals surface area contributed by atoms with Crippen LogP contribution in [0.25, 0.3) is 0 Å². The molecule has 0 saturated heterocycles. The Morgan fingerprint density at radius 2 is 1.83 bits per heavy atom. The van der Waals surface area contributed by atoms with E-state index < -0.39 is 16.1 Å². The predicted molar refractivity (Wildman–Crippen MR) is 82.2 cm³/mol. The van der Waals surface area contributed by atoms with Crippen molar-refractivity contribution in [2.45, 2.75) is 12.7 Å². The highest BCUT2D eigenvalue weighted by atomic mass is 32.2. The molecule has 0 aliphatic rings. The van der Waals surface area contributed by atoms with Crippen LogP contribution < -0.4 is 8.92 Å². The number of benzene rings is 2. The van der Waals surface area contributed by atoms with Crippen molar-refractivity contribution in [3.05, 3.63) is 59.7 Å². The SMILES string of the molecule is CC(=O)Oc1cccc(CS(=O)(=O)Oc2ccc(C#N)cc2)c1. The van der Waals surface area contributed by atoms with Crippen molar-refractivity contribution in [2.75, 3.05) is 0 Å². The molecule has 7 heteroatoms. The van der Waals surface area contributed by atoms with Crippen molar-refractivity contribution in [3.63, 3.8) is 0 Å². The van der Waals surface area contributed by atoms with Crippen LogP contribution in [-0.4, -0.2) is 14.4 Å². The highest BCUT2D eigenvalue weighted by Gasteiger charge is 2.15. The Kier molecular flexibility index (Phi) is 4.98. The monoisotopic (exact) mass is 331 g/mol. The van der Waals surface area contributed by atoms with Gasteiger partial charge in [-0.05, 0) is 42.0 Å². The van der Waals surface area contributed by atoms with Crippen LogP contribution in [0.4, 0.5) is 0 Å². The van der Waals surface area contributed by atoms with Gasteiger partial charge in [-0.25, -0.2) is 0 Å². The fourth-order valence-electron chi connectivity index (χ4n) is 1.83. The molecule has 0 aliphatic carbocycles. The molecular formula is C16H13NO5S. The molecule has 0 fully saturated rings. The number of nitriles is 1. The van der Waals surface area contributed by atoms with Crippen LogP contribution in [0.5, 0.6) is 11.5 Å². The molecule has 0 spiro atoms. The average molecular weight is 331 g/mol. The fraction of sp³-hybridized carbons (Fsp3) is 0.125. The topological polar surface area (TPSA) is 93.5 Å². The van der Waals surface area contributed by atoms with E-state index in [9.17, 15) is 13.2 Å². The van der Waals surface area contributed by atoms with E-state index in [1.807, 2.05) is 6.07 Å². The van der Waals surface area contributed by atoms with Crippen LogP contribution in [0.15, 0.2) is 48.5 Å². The summed E-state index contributed by atoms with van der Waals surface area (Å²) in [4.78, 5) is 10.9. The zero-order valence-electron chi connectivity index (χ0n) is 12.2. The first-order valence-electron chi connectivity index (χ1n) is 6.58. The van der Waals surface area contributed by atoms with Crippen LogP contribution in [0.3, 0.4) is 0 Å². The van der Waals surface area contributed by atoms with Gasteiger partial charge in [-0.3, -0.25) is 4.79 Å². The van der Waals surface area contributed by atoms with Crippen LogP contribution >= 0.6 is 0 Å². The standard InChI is InChI=1S/C16H13NO5S/c1-12(18)21-16-4-2-3-14(9-16)11-23(19,20)22-15-7-5-13(10-17)6-8-15/h2-9H,11H2,1H3. The third-order valence-electron chi connectivity index (χ3n) is 2.71. The Morgan fingerprint density at radius 1 is 1.13 bits per heavy atom. The van der Waals surface area contributed by atoms with Gasteiger partial charge in [-0.2, -0.15) is 13.7 Å². The molecular weight excluding hydrogens is 318 g/mol. The lowest BCUT2D eigenvalue weighted by atomic mass is 10.2. The number of rotatable bonds is 5. The fourth-order valence-corrected chi connectivity index (χ4v) is 2.88. The summed E-state index contributed by atoms with van der Waals surface area (Å²) >= 11 is 0. The van der Waals surface area contributed by atoms with Crippen molar-refractivity contribution in [3.8, 4) is 17.6 Å². The van der Waals surface area contributed by atoms with Gasteiger partial charge in [0.05, 0.1) is 11.6 Å². The molecule has 0 aromatic heterocycles. The highest BCUT2D eigenvalue weighted by molar-refractivity contribution is 7.86. The minimum absolute atomic E-state index is 0.125. The molecule has 0 heterocycles. The number of carbonyl (C=O) groups excluding carboxylic acids is 1. The summed E-state index contributed by atoms with van der Waals surface area (Å²) in [5.41, 5.74) is 0.834. The van der Waals surface area contributed by atoms with Crippen LogP contribution in [0.1, 0.15) is 18.1 Å². The molecule has 2 rings (SSSR count). The summed E-state index contributed by atoms with van der Waals surface area (Å²) in [6.07, 6.45) is 0. The molecule has 0 radical (unpaired) electrons. The number of carbonyl (C=O) groups is 1. The van der Waals surface area contributed by atoms with Crippen LogP contribution in [-0.2, 0) is 20.7 Å². The third kappa shape index (κ3) is 5.13. The number of hydrogen-bond donors (Lipinski definition) is 0. The van der Waals surface area contributed by atoms with E-state index in [2.05, 4.69) is 0 Å². The first-order chi connectivity index (χ1) is 10.9. The van der Waals surface area contributed by atoms with E-state index in [4.69, 9.17) is 14.2 Å². The van der Waals surface area contributed by atoms with Crippen LogP contribution in [0.2, 0.25) is 0 Å². The number of hydrogen-bond acceptors (Lipinski definition) is 6. The lowest BCUT2D eigenvalue weighted by molar-refractivity contribution is -0.131. The van der Waals surface area contributed by atoms with E-state index in [1.165, 1.54) is 37.3 Å². The first-order valence-corrected chi connectivity index (χ1v) is 8.15. The summed E-state index contributed by atoms with van der Waals surface area (Å²) in [7, 11) is -3.88. The van der Waals surface area contributed by atoms with Gasteiger partial charge in [0.1, 0.15) is 17.3 Å². The van der Waals surface area contributed by atoms with Gasteiger partial charge in [0.15, 0.2) is 0 Å². The molecule has 0 N–H and O–H groups in total. The number of ether oxygens (including phenoxy) is 1. The van der Waals surface area contributed by atoms with Gasteiger partial charge >= 0.3 is 16.1 Å². The maximum absolute atomic E-state index is 12.1. The second kappa shape index (κ2) is 6.94. The van der Waals surface area contributed by atoms with Gasteiger partial charge in [-0.1, -0.05) is 12.1 Å². The normalized spacial score (nSPS) is 10.6. The van der Waals surface area contributed by atoms with Gasteiger partial charge in [-0.15, -0.1) is 0 Å². The van der Waals surface area contributed by atoms with Gasteiger partial charge in [0, 0.05) is 6.92 Å². The minimum Gasteiger partial charge on any atom is -0.427 e. The largest absolute Gasteiger partial charge is 0.427 e. The summed E-state index contributed by atoms with van der Waals surface area (Å²) < 4.78 is 34.0. The maximum atomic E-state index is 12.1. The minimum atomic E-state index is -3.88. The van der Waals surface area contributed by atoms with Gasteiger partial charge < -0.3 is 8.92 Å². The molecule has 23 heavy (non-hydrogen) atoms. The smallest absolute Gasteiger partial charge is 0.313 e. The molecule has 0 amide bonds. The number of esters is 1. The molecule has 0 unspecified atom stereocenters. The Hall–Kier alpha value is -2.85. The zero-order chi connectivity index (χ0) is 16.9.